The van der Waals surface area contributed by atoms with Crippen LogP contribution in [0.2, 0.25) is 0 Å². The molecular formula is C20H22N6O5. The van der Waals surface area contributed by atoms with E-state index in [0.717, 1.165) is 4.68 Å². The molecule has 1 heterocycles. The van der Waals surface area contributed by atoms with E-state index in [2.05, 4.69) is 20.9 Å². The lowest BCUT2D eigenvalue weighted by atomic mass is 10.2. The van der Waals surface area contributed by atoms with Crippen molar-refractivity contribution in [1.29, 1.82) is 0 Å². The molecule has 1 aromatic heterocycles. The van der Waals surface area contributed by atoms with E-state index in [1.54, 1.807) is 42.5 Å². The molecule has 0 radical (unpaired) electrons. The van der Waals surface area contributed by atoms with E-state index in [-0.39, 0.29) is 18.1 Å². The molecule has 2 aromatic carbocycles. The molecular weight excluding hydrogens is 404 g/mol. The van der Waals surface area contributed by atoms with Gasteiger partial charge in [0.05, 0.1) is 21.3 Å². The van der Waals surface area contributed by atoms with Crippen LogP contribution in [0.15, 0.2) is 42.5 Å². The quantitative estimate of drug-likeness (QED) is 0.495. The summed E-state index contributed by atoms with van der Waals surface area (Å²) in [5, 5.41) is 13.0. The topological polar surface area (TPSA) is 143 Å². The van der Waals surface area contributed by atoms with Crippen LogP contribution in [0.5, 0.6) is 17.2 Å². The van der Waals surface area contributed by atoms with Crippen molar-refractivity contribution in [3.05, 3.63) is 48.2 Å². The molecule has 0 aliphatic heterocycles. The lowest BCUT2D eigenvalue weighted by Gasteiger charge is -2.09. The predicted octanol–water partition coefficient (Wildman–Crippen LogP) is 1.78. The highest BCUT2D eigenvalue weighted by atomic mass is 16.5. The zero-order valence-electron chi connectivity index (χ0n) is 17.2. The summed E-state index contributed by atoms with van der Waals surface area (Å²) in [6.45, 7) is -0.226. The summed E-state index contributed by atoms with van der Waals surface area (Å²) in [7, 11) is 4.53. The van der Waals surface area contributed by atoms with Gasteiger partial charge in [0.25, 0.3) is 5.91 Å². The number of aromatic nitrogens is 3. The summed E-state index contributed by atoms with van der Waals surface area (Å²) in [6.07, 6.45) is 0. The number of nitrogens with zero attached hydrogens (tertiary/aromatic N) is 3. The van der Waals surface area contributed by atoms with Crippen molar-refractivity contribution < 1.29 is 23.8 Å². The number of hydrogen-bond donors (Lipinski definition) is 3. The van der Waals surface area contributed by atoms with Gasteiger partial charge in [0.1, 0.15) is 23.8 Å². The van der Waals surface area contributed by atoms with Gasteiger partial charge in [-0.25, -0.2) is 4.68 Å². The molecule has 0 aliphatic carbocycles. The molecule has 0 spiro atoms. The van der Waals surface area contributed by atoms with Crippen molar-refractivity contribution in [3.63, 3.8) is 0 Å². The second kappa shape index (κ2) is 9.48. The molecule has 2 amide bonds. The van der Waals surface area contributed by atoms with Crippen LogP contribution < -0.4 is 30.6 Å². The second-order valence-corrected chi connectivity index (χ2v) is 6.32. The Morgan fingerprint density at radius 2 is 1.58 bits per heavy atom. The highest BCUT2D eigenvalue weighted by Crippen LogP contribution is 2.26. The molecule has 4 N–H and O–H groups in total. The number of hydrogen-bond acceptors (Lipinski definition) is 8. The Kier molecular flexibility index (Phi) is 6.55. The fourth-order valence-electron chi connectivity index (χ4n) is 2.71. The van der Waals surface area contributed by atoms with E-state index in [1.165, 1.54) is 21.3 Å². The summed E-state index contributed by atoms with van der Waals surface area (Å²) in [5.74, 6) is 0.571. The molecule has 0 saturated heterocycles. The summed E-state index contributed by atoms with van der Waals surface area (Å²) >= 11 is 0. The van der Waals surface area contributed by atoms with Crippen LogP contribution in [0, 0.1) is 0 Å². The Hall–Kier alpha value is -4.28. The van der Waals surface area contributed by atoms with E-state index < -0.39 is 11.8 Å². The third-order valence-corrected chi connectivity index (χ3v) is 4.24. The van der Waals surface area contributed by atoms with Crippen LogP contribution in [-0.4, -0.2) is 48.1 Å². The second-order valence-electron chi connectivity index (χ2n) is 6.32. The minimum absolute atomic E-state index is 0.0480. The van der Waals surface area contributed by atoms with Crippen molar-refractivity contribution in [3.8, 4) is 17.2 Å². The highest BCUT2D eigenvalue weighted by Gasteiger charge is 2.19. The number of carbonyl (C=O) groups is 2. The van der Waals surface area contributed by atoms with Gasteiger partial charge in [0.2, 0.25) is 5.91 Å². The largest absolute Gasteiger partial charge is 0.497 e. The molecule has 11 nitrogen and oxygen atoms in total. The highest BCUT2D eigenvalue weighted by molar-refractivity contribution is 6.06. The number of nitrogens with two attached hydrogens (primary N) is 1. The van der Waals surface area contributed by atoms with Crippen molar-refractivity contribution in [2.45, 2.75) is 6.54 Å². The van der Waals surface area contributed by atoms with E-state index in [4.69, 9.17) is 19.9 Å². The summed E-state index contributed by atoms with van der Waals surface area (Å²) in [6, 6.07) is 11.8. The molecule has 31 heavy (non-hydrogen) atoms. The number of nitrogen functional groups attached to an aromatic ring is 1. The summed E-state index contributed by atoms with van der Waals surface area (Å²) < 4.78 is 16.6. The standard InChI is InChI=1S/C20H22N6O5/c1-29-14-6-4-5-12(7-14)22-17(27)11-26-19(21)18(24-25-26)20(28)23-13-8-15(30-2)10-16(9-13)31-3/h4-10H,11,21H2,1-3H3,(H,22,27)(H,23,28). The van der Waals surface area contributed by atoms with Gasteiger partial charge in [-0.1, -0.05) is 11.3 Å². The lowest BCUT2D eigenvalue weighted by Crippen LogP contribution is -2.21. The van der Waals surface area contributed by atoms with Gasteiger partial charge in [0, 0.05) is 35.6 Å². The van der Waals surface area contributed by atoms with E-state index >= 15 is 0 Å². The summed E-state index contributed by atoms with van der Waals surface area (Å²) in [4.78, 5) is 24.9. The van der Waals surface area contributed by atoms with Gasteiger partial charge in [-0.15, -0.1) is 5.10 Å². The fourth-order valence-corrected chi connectivity index (χ4v) is 2.71. The van der Waals surface area contributed by atoms with Crippen LogP contribution in [0.1, 0.15) is 10.5 Å². The maximum absolute atomic E-state index is 12.6. The van der Waals surface area contributed by atoms with Crippen molar-refractivity contribution in [2.24, 2.45) is 0 Å². The lowest BCUT2D eigenvalue weighted by molar-refractivity contribution is -0.116. The minimum atomic E-state index is -0.590. The number of anilines is 3. The third-order valence-electron chi connectivity index (χ3n) is 4.24. The predicted molar refractivity (Wildman–Crippen MR) is 114 cm³/mol. The SMILES string of the molecule is COc1cccc(NC(=O)Cn2nnc(C(=O)Nc3cc(OC)cc(OC)c3)c2N)c1. The van der Waals surface area contributed by atoms with E-state index in [0.29, 0.717) is 28.6 Å². The van der Waals surface area contributed by atoms with Crippen molar-refractivity contribution in [2.75, 3.05) is 37.7 Å². The molecule has 162 valence electrons. The molecule has 0 aliphatic rings. The van der Waals surface area contributed by atoms with Gasteiger partial charge >= 0.3 is 0 Å². The van der Waals surface area contributed by atoms with Crippen LogP contribution in [0.4, 0.5) is 17.2 Å². The Balaban J connectivity index is 1.69. The van der Waals surface area contributed by atoms with Gasteiger partial charge in [-0.05, 0) is 12.1 Å². The van der Waals surface area contributed by atoms with Gasteiger partial charge < -0.3 is 30.6 Å². The number of ether oxygens (including phenoxy) is 3. The maximum atomic E-state index is 12.6. The number of methoxy groups -OCH3 is 3. The Labute approximate surface area is 178 Å². The van der Waals surface area contributed by atoms with E-state index in [9.17, 15) is 9.59 Å². The monoisotopic (exact) mass is 426 g/mol. The number of rotatable bonds is 8. The summed E-state index contributed by atoms with van der Waals surface area (Å²) in [5.41, 5.74) is 6.84. The normalized spacial score (nSPS) is 10.3. The first-order valence-electron chi connectivity index (χ1n) is 9.10. The Bertz CT molecular complexity index is 1080. The third kappa shape index (κ3) is 5.21. The maximum Gasteiger partial charge on any atom is 0.280 e. The number of amides is 2. The average molecular weight is 426 g/mol. The average Bonchev–Trinajstić information content (AvgIpc) is 3.13. The molecule has 0 unspecified atom stereocenters. The number of nitrogens with one attached hydrogen (secondary N) is 2. The molecule has 11 heteroatoms. The molecule has 0 bridgehead atoms. The molecule has 0 fully saturated rings. The fraction of sp³-hybridized carbons (Fsp3) is 0.200. The zero-order valence-corrected chi connectivity index (χ0v) is 17.2. The molecule has 0 saturated carbocycles. The first-order chi connectivity index (χ1) is 14.9. The van der Waals surface area contributed by atoms with Crippen LogP contribution in [0.25, 0.3) is 0 Å². The molecule has 0 atom stereocenters. The van der Waals surface area contributed by atoms with Gasteiger partial charge in [0.15, 0.2) is 11.5 Å². The minimum Gasteiger partial charge on any atom is -0.497 e. The Morgan fingerprint density at radius 1 is 0.935 bits per heavy atom. The smallest absolute Gasteiger partial charge is 0.280 e. The van der Waals surface area contributed by atoms with Gasteiger partial charge in [-0.2, -0.15) is 0 Å². The Morgan fingerprint density at radius 3 is 2.23 bits per heavy atom. The van der Waals surface area contributed by atoms with Crippen LogP contribution >= 0.6 is 0 Å². The van der Waals surface area contributed by atoms with Crippen molar-refractivity contribution in [1.82, 2.24) is 15.0 Å². The number of benzene rings is 2. The first-order valence-corrected chi connectivity index (χ1v) is 9.10. The van der Waals surface area contributed by atoms with Crippen LogP contribution in [-0.2, 0) is 11.3 Å². The van der Waals surface area contributed by atoms with Crippen molar-refractivity contribution >= 4 is 29.0 Å². The zero-order chi connectivity index (χ0) is 22.4. The van der Waals surface area contributed by atoms with Gasteiger partial charge in [-0.3, -0.25) is 9.59 Å². The van der Waals surface area contributed by atoms with E-state index in [1.807, 2.05) is 0 Å². The molecule has 3 rings (SSSR count). The number of carbonyl (C=O) groups excluding carboxylic acids is 2. The first kappa shape index (κ1) is 21.4. The van der Waals surface area contributed by atoms with Crippen LogP contribution in [0.3, 0.4) is 0 Å². The molecule has 3 aromatic rings.